The van der Waals surface area contributed by atoms with Gasteiger partial charge in [0, 0.05) is 13.2 Å². The number of alkyl halides is 1. The number of halogens is 1. The molecule has 1 heterocycles. The quantitative estimate of drug-likeness (QED) is 0.686. The Labute approximate surface area is 84.9 Å². The molecular weight excluding hydrogens is 184 g/mol. The number of hydrogen-bond donors (Lipinski definition) is 0. The summed E-state index contributed by atoms with van der Waals surface area (Å²) in [6, 6.07) is 0. The van der Waals surface area contributed by atoms with E-state index in [1.165, 1.54) is 0 Å². The van der Waals surface area contributed by atoms with Crippen molar-refractivity contribution in [2.75, 3.05) is 0 Å². The summed E-state index contributed by atoms with van der Waals surface area (Å²) >= 11 is 6.31. The standard InChI is InChI=1S/C10H17ClN2/c1-5-7(2)10(11)9-6-12-8(3)13(9)4/h6-7,10H,5H2,1-4H3. The van der Waals surface area contributed by atoms with Crippen molar-refractivity contribution in [2.24, 2.45) is 13.0 Å². The van der Waals surface area contributed by atoms with Crippen molar-refractivity contribution in [1.29, 1.82) is 0 Å². The number of rotatable bonds is 3. The van der Waals surface area contributed by atoms with E-state index >= 15 is 0 Å². The Hall–Kier alpha value is -0.500. The number of aryl methyl sites for hydroxylation is 1. The zero-order valence-corrected chi connectivity index (χ0v) is 9.47. The molecule has 0 aliphatic heterocycles. The van der Waals surface area contributed by atoms with Gasteiger partial charge in [0.05, 0.1) is 11.1 Å². The van der Waals surface area contributed by atoms with Crippen LogP contribution in [0.25, 0.3) is 0 Å². The van der Waals surface area contributed by atoms with Gasteiger partial charge in [-0.05, 0) is 12.8 Å². The second-order valence-corrected chi connectivity index (χ2v) is 4.05. The lowest BCUT2D eigenvalue weighted by Crippen LogP contribution is -2.07. The highest BCUT2D eigenvalue weighted by atomic mass is 35.5. The van der Waals surface area contributed by atoms with Gasteiger partial charge in [0.1, 0.15) is 5.82 Å². The molecular formula is C10H17ClN2. The van der Waals surface area contributed by atoms with Crippen LogP contribution in [0.3, 0.4) is 0 Å². The van der Waals surface area contributed by atoms with E-state index in [0.717, 1.165) is 17.9 Å². The minimum Gasteiger partial charge on any atom is -0.334 e. The summed E-state index contributed by atoms with van der Waals surface area (Å²) < 4.78 is 2.06. The molecule has 0 saturated carbocycles. The molecule has 2 atom stereocenters. The van der Waals surface area contributed by atoms with E-state index in [1.54, 1.807) is 0 Å². The number of imidazole rings is 1. The molecule has 1 aromatic rings. The van der Waals surface area contributed by atoms with Gasteiger partial charge >= 0.3 is 0 Å². The van der Waals surface area contributed by atoms with Crippen LogP contribution in [-0.4, -0.2) is 9.55 Å². The lowest BCUT2D eigenvalue weighted by molar-refractivity contribution is 0.523. The molecule has 0 aliphatic rings. The van der Waals surface area contributed by atoms with Gasteiger partial charge in [-0.3, -0.25) is 0 Å². The van der Waals surface area contributed by atoms with E-state index < -0.39 is 0 Å². The maximum atomic E-state index is 6.31. The summed E-state index contributed by atoms with van der Waals surface area (Å²) in [6.45, 7) is 6.31. The molecule has 1 aromatic heterocycles. The molecule has 13 heavy (non-hydrogen) atoms. The third-order valence-electron chi connectivity index (χ3n) is 2.68. The summed E-state index contributed by atoms with van der Waals surface area (Å²) in [6.07, 6.45) is 2.97. The van der Waals surface area contributed by atoms with Crippen LogP contribution in [0.4, 0.5) is 0 Å². The van der Waals surface area contributed by atoms with Crippen LogP contribution < -0.4 is 0 Å². The summed E-state index contributed by atoms with van der Waals surface area (Å²) in [4.78, 5) is 4.23. The fourth-order valence-electron chi connectivity index (χ4n) is 1.27. The molecule has 0 saturated heterocycles. The monoisotopic (exact) mass is 200 g/mol. The summed E-state index contributed by atoms with van der Waals surface area (Å²) in [7, 11) is 2.01. The van der Waals surface area contributed by atoms with E-state index in [0.29, 0.717) is 5.92 Å². The summed E-state index contributed by atoms with van der Waals surface area (Å²) in [5.74, 6) is 1.51. The van der Waals surface area contributed by atoms with Gasteiger partial charge in [-0.1, -0.05) is 20.3 Å². The summed E-state index contributed by atoms with van der Waals surface area (Å²) in [5, 5.41) is 0.0798. The Bertz CT molecular complexity index is 280. The number of hydrogen-bond acceptors (Lipinski definition) is 1. The topological polar surface area (TPSA) is 17.8 Å². The highest BCUT2D eigenvalue weighted by Crippen LogP contribution is 2.30. The molecule has 0 fully saturated rings. The zero-order valence-electron chi connectivity index (χ0n) is 8.71. The van der Waals surface area contributed by atoms with Gasteiger partial charge in [-0.15, -0.1) is 11.6 Å². The van der Waals surface area contributed by atoms with Gasteiger partial charge < -0.3 is 4.57 Å². The first-order valence-corrected chi connectivity index (χ1v) is 5.13. The average Bonchev–Trinajstić information content (AvgIpc) is 2.45. The Morgan fingerprint density at radius 1 is 1.62 bits per heavy atom. The largest absolute Gasteiger partial charge is 0.334 e. The molecule has 0 aliphatic carbocycles. The normalized spacial score (nSPS) is 15.8. The van der Waals surface area contributed by atoms with Gasteiger partial charge in [-0.2, -0.15) is 0 Å². The molecule has 3 heteroatoms. The van der Waals surface area contributed by atoms with Crippen LogP contribution in [0.1, 0.15) is 37.2 Å². The van der Waals surface area contributed by atoms with E-state index in [-0.39, 0.29) is 5.38 Å². The molecule has 0 bridgehead atoms. The molecule has 2 nitrogen and oxygen atoms in total. The minimum atomic E-state index is 0.0798. The first-order chi connectivity index (χ1) is 6.07. The smallest absolute Gasteiger partial charge is 0.105 e. The Morgan fingerprint density at radius 3 is 2.62 bits per heavy atom. The molecule has 2 unspecified atom stereocenters. The van der Waals surface area contributed by atoms with Crippen LogP contribution in [-0.2, 0) is 7.05 Å². The predicted octanol–water partition coefficient (Wildman–Crippen LogP) is 3.05. The Morgan fingerprint density at radius 2 is 2.23 bits per heavy atom. The zero-order chi connectivity index (χ0) is 10.0. The van der Waals surface area contributed by atoms with Gasteiger partial charge in [0.25, 0.3) is 0 Å². The van der Waals surface area contributed by atoms with Crippen LogP contribution in [0.15, 0.2) is 6.20 Å². The maximum Gasteiger partial charge on any atom is 0.105 e. The van der Waals surface area contributed by atoms with Crippen LogP contribution in [0.2, 0.25) is 0 Å². The van der Waals surface area contributed by atoms with Crippen molar-refractivity contribution in [3.63, 3.8) is 0 Å². The van der Waals surface area contributed by atoms with Crippen molar-refractivity contribution in [3.05, 3.63) is 17.7 Å². The molecule has 74 valence electrons. The van der Waals surface area contributed by atoms with Crippen LogP contribution >= 0.6 is 11.6 Å². The van der Waals surface area contributed by atoms with E-state index in [9.17, 15) is 0 Å². The fraction of sp³-hybridized carbons (Fsp3) is 0.700. The highest BCUT2D eigenvalue weighted by Gasteiger charge is 2.18. The van der Waals surface area contributed by atoms with Crippen molar-refractivity contribution in [1.82, 2.24) is 9.55 Å². The molecule has 1 rings (SSSR count). The second kappa shape index (κ2) is 4.14. The van der Waals surface area contributed by atoms with Crippen molar-refractivity contribution < 1.29 is 0 Å². The van der Waals surface area contributed by atoms with Gasteiger partial charge in [0.2, 0.25) is 0 Å². The lowest BCUT2D eigenvalue weighted by Gasteiger charge is -2.16. The van der Waals surface area contributed by atoms with Gasteiger partial charge in [-0.25, -0.2) is 4.98 Å². The SMILES string of the molecule is CCC(C)C(Cl)c1cnc(C)n1C. The predicted molar refractivity (Wildman–Crippen MR) is 56.0 cm³/mol. The maximum absolute atomic E-state index is 6.31. The van der Waals surface area contributed by atoms with Crippen molar-refractivity contribution in [2.45, 2.75) is 32.6 Å². The minimum absolute atomic E-state index is 0.0798. The molecule has 0 aromatic carbocycles. The van der Waals surface area contributed by atoms with E-state index in [2.05, 4.69) is 23.4 Å². The van der Waals surface area contributed by atoms with Crippen molar-refractivity contribution in [3.8, 4) is 0 Å². The number of aromatic nitrogens is 2. The first kappa shape index (κ1) is 10.6. The lowest BCUT2D eigenvalue weighted by atomic mass is 10.0. The van der Waals surface area contributed by atoms with Gasteiger partial charge in [0.15, 0.2) is 0 Å². The molecule has 0 N–H and O–H groups in total. The Kier molecular flexibility index (Phi) is 3.37. The molecule has 0 spiro atoms. The molecule has 0 amide bonds. The number of nitrogens with zero attached hydrogens (tertiary/aromatic N) is 2. The summed E-state index contributed by atoms with van der Waals surface area (Å²) in [5.41, 5.74) is 1.12. The average molecular weight is 201 g/mol. The second-order valence-electron chi connectivity index (χ2n) is 3.58. The Balaban J connectivity index is 2.88. The fourth-order valence-corrected chi connectivity index (χ4v) is 1.66. The third-order valence-corrected chi connectivity index (χ3v) is 3.34. The third kappa shape index (κ3) is 2.05. The van der Waals surface area contributed by atoms with Crippen LogP contribution in [0, 0.1) is 12.8 Å². The van der Waals surface area contributed by atoms with E-state index in [1.807, 2.05) is 20.2 Å². The van der Waals surface area contributed by atoms with Crippen molar-refractivity contribution >= 4 is 11.6 Å². The first-order valence-electron chi connectivity index (χ1n) is 4.70. The van der Waals surface area contributed by atoms with E-state index in [4.69, 9.17) is 11.6 Å². The van der Waals surface area contributed by atoms with Crippen LogP contribution in [0.5, 0.6) is 0 Å². The highest BCUT2D eigenvalue weighted by molar-refractivity contribution is 6.20. The molecule has 0 radical (unpaired) electrons.